The molecule has 0 aliphatic heterocycles. The van der Waals surface area contributed by atoms with Crippen molar-refractivity contribution in [2.75, 3.05) is 19.0 Å². The number of ether oxygens (including phenoxy) is 1. The summed E-state index contributed by atoms with van der Waals surface area (Å²) in [5.41, 5.74) is -1.02. The van der Waals surface area contributed by atoms with Crippen molar-refractivity contribution in [3.8, 4) is 0 Å². The Hall–Kier alpha value is -2.22. The van der Waals surface area contributed by atoms with Crippen LogP contribution in [0.4, 0.5) is 11.5 Å². The Balaban J connectivity index is 2.07. The topological polar surface area (TPSA) is 115 Å². The van der Waals surface area contributed by atoms with E-state index in [1.165, 1.54) is 13.3 Å². The van der Waals surface area contributed by atoms with Gasteiger partial charge in [0.05, 0.1) is 23.2 Å². The third-order valence-corrected chi connectivity index (χ3v) is 5.21. The zero-order valence-corrected chi connectivity index (χ0v) is 15.7. The maximum atomic E-state index is 11.5. The summed E-state index contributed by atoms with van der Waals surface area (Å²) in [6.07, 6.45) is 4.32. The number of rotatable bonds is 5. The fourth-order valence-electron chi connectivity index (χ4n) is 3.40. The van der Waals surface area contributed by atoms with E-state index in [1.54, 1.807) is 0 Å². The van der Waals surface area contributed by atoms with Gasteiger partial charge in [0.15, 0.2) is 0 Å². The molecule has 1 aliphatic rings. The highest BCUT2D eigenvalue weighted by Crippen LogP contribution is 2.41. The average Bonchev–Trinajstić information content (AvgIpc) is 2.58. The smallest absolute Gasteiger partial charge is 0.339 e. The molecule has 8 heteroatoms. The van der Waals surface area contributed by atoms with E-state index >= 15 is 0 Å². The van der Waals surface area contributed by atoms with Gasteiger partial charge in [0.1, 0.15) is 0 Å². The second kappa shape index (κ2) is 7.57. The number of esters is 1. The summed E-state index contributed by atoms with van der Waals surface area (Å²) >= 11 is 0. The molecule has 0 bridgehead atoms. The first kappa shape index (κ1) is 20.1. The predicted octanol–water partition coefficient (Wildman–Crippen LogP) is 3.16. The molecule has 0 aromatic carbocycles. The molecule has 1 fully saturated rings. The first-order valence-electron chi connectivity index (χ1n) is 8.75. The number of nitrogens with one attached hydrogen (secondary N) is 1. The molecule has 1 aromatic heterocycles. The SMILES string of the molecule is COC(=O)c1cnc(NCC2(O)CCC(C(C)(C)C)CC2)c([N+](=O)[O-])c1. The highest BCUT2D eigenvalue weighted by atomic mass is 16.6. The molecule has 0 spiro atoms. The molecule has 0 saturated heterocycles. The van der Waals surface area contributed by atoms with E-state index in [0.717, 1.165) is 18.9 Å². The van der Waals surface area contributed by atoms with Gasteiger partial charge in [0, 0.05) is 18.8 Å². The van der Waals surface area contributed by atoms with Gasteiger partial charge in [-0.15, -0.1) is 0 Å². The first-order chi connectivity index (χ1) is 12.1. The molecular formula is C18H27N3O5. The van der Waals surface area contributed by atoms with Crippen LogP contribution in [0.2, 0.25) is 0 Å². The van der Waals surface area contributed by atoms with Crippen LogP contribution in [0, 0.1) is 21.4 Å². The molecule has 26 heavy (non-hydrogen) atoms. The quantitative estimate of drug-likeness (QED) is 0.468. The van der Waals surface area contributed by atoms with Crippen molar-refractivity contribution >= 4 is 17.5 Å². The number of aromatic nitrogens is 1. The van der Waals surface area contributed by atoms with Crippen LogP contribution in [-0.4, -0.2) is 40.2 Å². The van der Waals surface area contributed by atoms with Crippen LogP contribution in [-0.2, 0) is 4.74 Å². The van der Waals surface area contributed by atoms with Crippen LogP contribution in [0.1, 0.15) is 56.8 Å². The van der Waals surface area contributed by atoms with Crippen molar-refractivity contribution in [3.63, 3.8) is 0 Å². The molecule has 2 N–H and O–H groups in total. The van der Waals surface area contributed by atoms with Crippen LogP contribution in [0.3, 0.4) is 0 Å². The minimum atomic E-state index is -0.918. The van der Waals surface area contributed by atoms with Crippen LogP contribution in [0.15, 0.2) is 12.3 Å². The lowest BCUT2D eigenvalue weighted by atomic mass is 9.68. The molecule has 2 rings (SSSR count). The van der Waals surface area contributed by atoms with Crippen LogP contribution >= 0.6 is 0 Å². The lowest BCUT2D eigenvalue weighted by Gasteiger charge is -2.41. The van der Waals surface area contributed by atoms with Crippen molar-refractivity contribution < 1.29 is 19.6 Å². The Kier molecular flexibility index (Phi) is 5.85. The van der Waals surface area contributed by atoms with Gasteiger partial charge in [0.2, 0.25) is 5.82 Å². The summed E-state index contributed by atoms with van der Waals surface area (Å²) in [5, 5.41) is 25.0. The van der Waals surface area contributed by atoms with Gasteiger partial charge < -0.3 is 15.2 Å². The molecule has 0 amide bonds. The van der Waals surface area contributed by atoms with Gasteiger partial charge >= 0.3 is 11.7 Å². The molecule has 0 unspecified atom stereocenters. The number of anilines is 1. The molecule has 1 aliphatic carbocycles. The summed E-state index contributed by atoms with van der Waals surface area (Å²) in [6, 6.07) is 1.13. The number of carbonyl (C=O) groups is 1. The lowest BCUT2D eigenvalue weighted by Crippen LogP contribution is -2.42. The summed E-state index contributed by atoms with van der Waals surface area (Å²) in [6.45, 7) is 6.79. The minimum absolute atomic E-state index is 0.00847. The molecule has 144 valence electrons. The molecule has 0 atom stereocenters. The third kappa shape index (κ3) is 4.69. The van der Waals surface area contributed by atoms with Gasteiger partial charge in [-0.3, -0.25) is 10.1 Å². The molecule has 1 saturated carbocycles. The molecule has 1 aromatic rings. The second-order valence-corrected chi connectivity index (χ2v) is 8.06. The maximum Gasteiger partial charge on any atom is 0.339 e. The van der Waals surface area contributed by atoms with Crippen LogP contribution in [0.5, 0.6) is 0 Å². The zero-order chi connectivity index (χ0) is 19.5. The van der Waals surface area contributed by atoms with Gasteiger partial charge in [0.25, 0.3) is 0 Å². The van der Waals surface area contributed by atoms with Crippen LogP contribution in [0.25, 0.3) is 0 Å². The van der Waals surface area contributed by atoms with Crippen molar-refractivity contribution in [1.82, 2.24) is 4.98 Å². The Morgan fingerprint density at radius 1 is 1.46 bits per heavy atom. The largest absolute Gasteiger partial charge is 0.465 e. The number of nitrogens with zero attached hydrogens (tertiary/aromatic N) is 2. The summed E-state index contributed by atoms with van der Waals surface area (Å²) in [5.74, 6) is -0.102. The van der Waals surface area contributed by atoms with E-state index in [0.29, 0.717) is 18.8 Å². The van der Waals surface area contributed by atoms with Gasteiger partial charge in [-0.25, -0.2) is 9.78 Å². The molecular weight excluding hydrogens is 338 g/mol. The van der Waals surface area contributed by atoms with E-state index in [9.17, 15) is 20.0 Å². The molecule has 8 nitrogen and oxygen atoms in total. The highest BCUT2D eigenvalue weighted by molar-refractivity contribution is 5.90. The van der Waals surface area contributed by atoms with E-state index in [1.807, 2.05) is 0 Å². The fraction of sp³-hybridized carbons (Fsp3) is 0.667. The average molecular weight is 365 g/mol. The Morgan fingerprint density at radius 3 is 2.58 bits per heavy atom. The van der Waals surface area contributed by atoms with E-state index < -0.39 is 16.5 Å². The zero-order valence-electron chi connectivity index (χ0n) is 15.7. The monoisotopic (exact) mass is 365 g/mol. The first-order valence-corrected chi connectivity index (χ1v) is 8.75. The molecule has 0 radical (unpaired) electrons. The minimum Gasteiger partial charge on any atom is -0.465 e. The number of pyridine rings is 1. The third-order valence-electron chi connectivity index (χ3n) is 5.21. The number of hydrogen-bond donors (Lipinski definition) is 2. The Morgan fingerprint density at radius 2 is 2.08 bits per heavy atom. The van der Waals surface area contributed by atoms with Gasteiger partial charge in [-0.05, 0) is 37.0 Å². The van der Waals surface area contributed by atoms with E-state index in [-0.39, 0.29) is 29.0 Å². The number of methoxy groups -OCH3 is 1. The maximum absolute atomic E-state index is 11.5. The van der Waals surface area contributed by atoms with Gasteiger partial charge in [-0.1, -0.05) is 20.8 Å². The van der Waals surface area contributed by atoms with Crippen molar-refractivity contribution in [2.45, 2.75) is 52.1 Å². The van der Waals surface area contributed by atoms with E-state index in [4.69, 9.17) is 0 Å². The van der Waals surface area contributed by atoms with Crippen molar-refractivity contribution in [2.24, 2.45) is 11.3 Å². The normalized spacial score (nSPS) is 23.3. The summed E-state index contributed by atoms with van der Waals surface area (Å²) in [7, 11) is 1.20. The standard InChI is InChI=1S/C18H27N3O5/c1-17(2,3)13-5-7-18(23,8-6-13)11-20-15-14(21(24)25)9-12(10-19-15)16(22)26-4/h9-10,13,23H,5-8,11H2,1-4H3,(H,19,20). The number of hydrogen-bond acceptors (Lipinski definition) is 7. The lowest BCUT2D eigenvalue weighted by molar-refractivity contribution is -0.384. The number of nitro groups is 1. The highest BCUT2D eigenvalue weighted by Gasteiger charge is 2.37. The Labute approximate surface area is 153 Å². The Bertz CT molecular complexity index is 676. The molecule has 1 heterocycles. The summed E-state index contributed by atoms with van der Waals surface area (Å²) < 4.78 is 4.56. The van der Waals surface area contributed by atoms with Crippen molar-refractivity contribution in [1.29, 1.82) is 0 Å². The van der Waals surface area contributed by atoms with Crippen LogP contribution < -0.4 is 5.32 Å². The summed E-state index contributed by atoms with van der Waals surface area (Å²) in [4.78, 5) is 26.2. The fourth-order valence-corrected chi connectivity index (χ4v) is 3.40. The van der Waals surface area contributed by atoms with Crippen molar-refractivity contribution in [3.05, 3.63) is 27.9 Å². The number of aliphatic hydroxyl groups is 1. The predicted molar refractivity (Wildman–Crippen MR) is 97.1 cm³/mol. The number of carbonyl (C=O) groups excluding carboxylic acids is 1. The second-order valence-electron chi connectivity index (χ2n) is 8.06. The van der Waals surface area contributed by atoms with Gasteiger partial charge in [-0.2, -0.15) is 0 Å². The van der Waals surface area contributed by atoms with E-state index in [2.05, 4.69) is 35.8 Å².